The Morgan fingerprint density at radius 3 is 2.43 bits per heavy atom. The van der Waals surface area contributed by atoms with E-state index in [1.54, 1.807) is 0 Å². The molecule has 4 rings (SSSR count). The van der Waals surface area contributed by atoms with Gasteiger partial charge >= 0.3 is 0 Å². The largest absolute Gasteiger partial charge is 0.317 e. The molecule has 2 aromatic rings. The highest BCUT2D eigenvalue weighted by Crippen LogP contribution is 2.44. The zero-order valence-electron chi connectivity index (χ0n) is 13.2. The fourth-order valence-corrected chi connectivity index (χ4v) is 3.92. The number of carbonyl (C=O) groups excluding carboxylic acids is 1. The molecule has 0 bridgehead atoms. The van der Waals surface area contributed by atoms with Crippen LogP contribution in [-0.2, 0) is 4.79 Å². The van der Waals surface area contributed by atoms with Gasteiger partial charge in [0.25, 0.3) is 0 Å². The fourth-order valence-electron chi connectivity index (χ4n) is 3.92. The average molecular weight is 306 g/mol. The zero-order valence-corrected chi connectivity index (χ0v) is 13.2. The third-order valence-electron chi connectivity index (χ3n) is 5.11. The lowest BCUT2D eigenvalue weighted by Crippen LogP contribution is -2.30. The van der Waals surface area contributed by atoms with Crippen molar-refractivity contribution >= 4 is 17.3 Å². The van der Waals surface area contributed by atoms with E-state index >= 15 is 0 Å². The predicted octanol–water partition coefficient (Wildman–Crippen LogP) is 3.84. The number of piperidine rings is 1. The number of nitrogens with one attached hydrogen (secondary N) is 1. The number of hydrogen-bond donors (Lipinski definition) is 1. The summed E-state index contributed by atoms with van der Waals surface area (Å²) in [5.74, 6) is 0.888. The maximum absolute atomic E-state index is 13.1. The average Bonchev–Trinajstić information content (AvgIpc) is 2.89. The Morgan fingerprint density at radius 2 is 1.65 bits per heavy atom. The van der Waals surface area contributed by atoms with Crippen molar-refractivity contribution in [3.8, 4) is 0 Å². The Morgan fingerprint density at radius 1 is 0.957 bits per heavy atom. The van der Waals surface area contributed by atoms with Crippen LogP contribution >= 0.6 is 0 Å². The second kappa shape index (κ2) is 6.17. The Balaban J connectivity index is 1.67. The highest BCUT2D eigenvalue weighted by molar-refractivity contribution is 6.10. The number of anilines is 2. The number of hydrogen-bond acceptors (Lipinski definition) is 2. The Bertz CT molecular complexity index is 692. The van der Waals surface area contributed by atoms with Gasteiger partial charge in [0.15, 0.2) is 0 Å². The van der Waals surface area contributed by atoms with Crippen molar-refractivity contribution in [2.45, 2.75) is 25.2 Å². The van der Waals surface area contributed by atoms with Crippen molar-refractivity contribution < 1.29 is 4.79 Å². The quantitative estimate of drug-likeness (QED) is 0.934. The van der Waals surface area contributed by atoms with Gasteiger partial charge in [0.1, 0.15) is 0 Å². The number of carbonyl (C=O) groups is 1. The van der Waals surface area contributed by atoms with Crippen LogP contribution in [-0.4, -0.2) is 19.0 Å². The number of amides is 1. The summed E-state index contributed by atoms with van der Waals surface area (Å²) in [5, 5.41) is 3.41. The lowest BCUT2D eigenvalue weighted by atomic mass is 9.85. The highest BCUT2D eigenvalue weighted by Gasteiger charge is 2.38. The summed E-state index contributed by atoms with van der Waals surface area (Å²) >= 11 is 0. The summed E-state index contributed by atoms with van der Waals surface area (Å²) in [7, 11) is 0. The van der Waals surface area contributed by atoms with E-state index < -0.39 is 0 Å². The van der Waals surface area contributed by atoms with E-state index in [-0.39, 0.29) is 11.8 Å². The molecule has 0 aliphatic carbocycles. The van der Waals surface area contributed by atoms with Crippen LogP contribution in [0.25, 0.3) is 0 Å². The maximum atomic E-state index is 13.1. The molecule has 0 radical (unpaired) electrons. The van der Waals surface area contributed by atoms with Crippen LogP contribution in [0.3, 0.4) is 0 Å². The van der Waals surface area contributed by atoms with Crippen molar-refractivity contribution in [1.82, 2.24) is 5.32 Å². The molecule has 3 nitrogen and oxygen atoms in total. The van der Waals surface area contributed by atoms with Gasteiger partial charge < -0.3 is 5.32 Å². The van der Waals surface area contributed by atoms with Crippen molar-refractivity contribution in [1.29, 1.82) is 0 Å². The summed E-state index contributed by atoms with van der Waals surface area (Å²) in [6.45, 7) is 2.16. The first-order valence-electron chi connectivity index (χ1n) is 8.53. The molecule has 2 aliphatic heterocycles. The van der Waals surface area contributed by atoms with Crippen molar-refractivity contribution in [2.24, 2.45) is 5.92 Å². The van der Waals surface area contributed by atoms with E-state index in [4.69, 9.17) is 0 Å². The second-order valence-electron chi connectivity index (χ2n) is 6.55. The molecule has 3 heteroatoms. The van der Waals surface area contributed by atoms with E-state index in [1.807, 2.05) is 41.3 Å². The number of fused-ring (bicyclic) bond motifs is 1. The molecular formula is C20H22N2O. The topological polar surface area (TPSA) is 32.3 Å². The smallest absolute Gasteiger partial charge is 0.239 e. The summed E-state index contributed by atoms with van der Waals surface area (Å²) in [4.78, 5) is 15.1. The minimum absolute atomic E-state index is 0.00880. The lowest BCUT2D eigenvalue weighted by Gasteiger charge is -2.25. The summed E-state index contributed by atoms with van der Waals surface area (Å²) in [6.07, 6.45) is 3.33. The molecule has 2 aliphatic rings. The Labute approximate surface area is 137 Å². The molecule has 1 fully saturated rings. The molecule has 1 unspecified atom stereocenters. The number of benzene rings is 2. The Hall–Kier alpha value is -2.13. The third-order valence-corrected chi connectivity index (χ3v) is 5.11. The molecule has 1 atom stereocenters. The molecule has 2 heterocycles. The van der Waals surface area contributed by atoms with Gasteiger partial charge in [-0.3, -0.25) is 9.69 Å². The first-order valence-corrected chi connectivity index (χ1v) is 8.53. The first-order chi connectivity index (χ1) is 11.3. The molecule has 0 aromatic heterocycles. The monoisotopic (exact) mass is 306 g/mol. The van der Waals surface area contributed by atoms with Crippen LogP contribution in [0.2, 0.25) is 0 Å². The van der Waals surface area contributed by atoms with Crippen LogP contribution in [0, 0.1) is 5.92 Å². The van der Waals surface area contributed by atoms with Crippen molar-refractivity contribution in [2.75, 3.05) is 18.0 Å². The number of rotatable bonds is 3. The first kappa shape index (κ1) is 14.5. The second-order valence-corrected chi connectivity index (χ2v) is 6.55. The van der Waals surface area contributed by atoms with Gasteiger partial charge in [-0.1, -0.05) is 36.4 Å². The van der Waals surface area contributed by atoms with E-state index in [1.165, 1.54) is 18.4 Å². The van der Waals surface area contributed by atoms with Crippen LogP contribution in [0.4, 0.5) is 11.4 Å². The predicted molar refractivity (Wildman–Crippen MR) is 93.0 cm³/mol. The molecule has 1 amide bonds. The fraction of sp³-hybridized carbons (Fsp3) is 0.350. The van der Waals surface area contributed by atoms with Gasteiger partial charge in [-0.2, -0.15) is 0 Å². The van der Waals surface area contributed by atoms with Crippen molar-refractivity contribution in [3.63, 3.8) is 0 Å². The van der Waals surface area contributed by atoms with Gasteiger partial charge in [-0.05, 0) is 62.0 Å². The molecule has 23 heavy (non-hydrogen) atoms. The standard InChI is InChI=1S/C20H22N2O/c23-20-18(14-15-10-12-21-13-11-15)17-8-4-5-9-19(17)22(20)16-6-2-1-3-7-16/h1-9,15,18,21H,10-14H2. The molecule has 1 saturated heterocycles. The van der Waals surface area contributed by atoms with E-state index in [9.17, 15) is 4.79 Å². The van der Waals surface area contributed by atoms with Gasteiger partial charge in [0.05, 0.1) is 11.6 Å². The van der Waals surface area contributed by atoms with Gasteiger partial charge in [0, 0.05) is 5.69 Å². The van der Waals surface area contributed by atoms with E-state index in [0.29, 0.717) is 5.92 Å². The molecule has 0 spiro atoms. The van der Waals surface area contributed by atoms with Crippen molar-refractivity contribution in [3.05, 3.63) is 60.2 Å². The van der Waals surface area contributed by atoms with E-state index in [2.05, 4.69) is 23.5 Å². The molecule has 0 saturated carbocycles. The van der Waals surface area contributed by atoms with Crippen LogP contribution in [0.5, 0.6) is 0 Å². The number of para-hydroxylation sites is 2. The normalized spacial score (nSPS) is 21.5. The van der Waals surface area contributed by atoms with Crippen LogP contribution in [0.15, 0.2) is 54.6 Å². The number of nitrogens with zero attached hydrogens (tertiary/aromatic N) is 1. The maximum Gasteiger partial charge on any atom is 0.239 e. The SMILES string of the molecule is O=C1C(CC2CCNCC2)c2ccccc2N1c1ccccc1. The molecule has 118 valence electrons. The summed E-state index contributed by atoms with van der Waals surface area (Å²) < 4.78 is 0. The van der Waals surface area contributed by atoms with Gasteiger partial charge in [0.2, 0.25) is 5.91 Å². The summed E-state index contributed by atoms with van der Waals surface area (Å²) in [5.41, 5.74) is 3.22. The van der Waals surface area contributed by atoms with Gasteiger partial charge in [-0.15, -0.1) is 0 Å². The minimum atomic E-state index is 0.00880. The summed E-state index contributed by atoms with van der Waals surface area (Å²) in [6, 6.07) is 18.3. The molecule has 2 aromatic carbocycles. The molecular weight excluding hydrogens is 284 g/mol. The third kappa shape index (κ3) is 2.66. The minimum Gasteiger partial charge on any atom is -0.317 e. The lowest BCUT2D eigenvalue weighted by molar-refractivity contribution is -0.119. The zero-order chi connectivity index (χ0) is 15.6. The Kier molecular flexibility index (Phi) is 3.88. The highest BCUT2D eigenvalue weighted by atomic mass is 16.2. The van der Waals surface area contributed by atoms with Gasteiger partial charge in [-0.25, -0.2) is 0 Å². The molecule has 1 N–H and O–H groups in total. The van der Waals surface area contributed by atoms with Crippen LogP contribution < -0.4 is 10.2 Å². The van der Waals surface area contributed by atoms with Crippen LogP contribution in [0.1, 0.15) is 30.7 Å². The van der Waals surface area contributed by atoms with E-state index in [0.717, 1.165) is 30.9 Å².